The number of carbonyl (C=O) groups excluding carboxylic acids is 1. The van der Waals surface area contributed by atoms with Crippen LogP contribution in [-0.2, 0) is 17.8 Å². The monoisotopic (exact) mass is 430 g/mol. The summed E-state index contributed by atoms with van der Waals surface area (Å²) in [5, 5.41) is 0. The van der Waals surface area contributed by atoms with Crippen molar-refractivity contribution in [2.45, 2.75) is 45.1 Å². The number of imidazole rings is 1. The highest BCUT2D eigenvalue weighted by atomic mass is 16.2. The lowest BCUT2D eigenvalue weighted by atomic mass is 9.96. The minimum absolute atomic E-state index is 0.0886. The zero-order valence-corrected chi connectivity index (χ0v) is 18.5. The van der Waals surface area contributed by atoms with Crippen LogP contribution in [0.15, 0.2) is 49.3 Å². The van der Waals surface area contributed by atoms with E-state index in [4.69, 9.17) is 4.98 Å². The Morgan fingerprint density at radius 1 is 1.12 bits per heavy atom. The highest BCUT2D eigenvalue weighted by Gasteiger charge is 2.31. The number of hydrogen-bond acceptors (Lipinski definition) is 5. The summed E-state index contributed by atoms with van der Waals surface area (Å²) in [6.07, 6.45) is 9.83. The molecule has 3 aromatic rings. The highest BCUT2D eigenvalue weighted by molar-refractivity contribution is 5.96. The maximum absolute atomic E-state index is 13.5. The molecule has 4 heterocycles. The Bertz CT molecular complexity index is 1110. The maximum atomic E-state index is 13.5. The van der Waals surface area contributed by atoms with Gasteiger partial charge in [0.1, 0.15) is 12.2 Å². The number of aromatic nitrogens is 4. The van der Waals surface area contributed by atoms with E-state index in [0.717, 1.165) is 67.3 Å². The molecule has 5 rings (SSSR count). The Labute approximate surface area is 188 Å². The molecular weight excluding hydrogens is 400 g/mol. The normalized spacial score (nSPS) is 18.8. The summed E-state index contributed by atoms with van der Waals surface area (Å²) in [4.78, 5) is 31.8. The van der Waals surface area contributed by atoms with E-state index in [1.165, 1.54) is 12.8 Å². The van der Waals surface area contributed by atoms with Gasteiger partial charge in [0.15, 0.2) is 17.0 Å². The molecule has 0 saturated carbocycles. The number of para-hydroxylation sites is 1. The largest absolute Gasteiger partial charge is 0.354 e. The molecule has 32 heavy (non-hydrogen) atoms. The van der Waals surface area contributed by atoms with Crippen molar-refractivity contribution < 1.29 is 4.79 Å². The first-order valence-electron chi connectivity index (χ1n) is 11.7. The molecule has 0 aliphatic carbocycles. The lowest BCUT2D eigenvalue weighted by Gasteiger charge is -2.35. The van der Waals surface area contributed by atoms with Gasteiger partial charge < -0.3 is 14.4 Å². The van der Waals surface area contributed by atoms with Gasteiger partial charge in [-0.1, -0.05) is 30.7 Å². The van der Waals surface area contributed by atoms with Gasteiger partial charge in [0.25, 0.3) is 0 Å². The van der Waals surface area contributed by atoms with Crippen LogP contribution in [0.5, 0.6) is 0 Å². The average Bonchev–Trinajstić information content (AvgIpc) is 3.03. The minimum Gasteiger partial charge on any atom is -0.354 e. The molecule has 0 radical (unpaired) electrons. The van der Waals surface area contributed by atoms with Gasteiger partial charge in [-0.25, -0.2) is 15.0 Å². The number of amides is 1. The van der Waals surface area contributed by atoms with E-state index in [1.54, 1.807) is 12.4 Å². The summed E-state index contributed by atoms with van der Waals surface area (Å²) in [6.45, 7) is 6.86. The molecule has 1 fully saturated rings. The number of piperidine rings is 1. The van der Waals surface area contributed by atoms with Crippen molar-refractivity contribution in [1.29, 1.82) is 0 Å². The zero-order valence-electron chi connectivity index (χ0n) is 18.5. The van der Waals surface area contributed by atoms with Crippen LogP contribution in [0.1, 0.15) is 37.9 Å². The Balaban J connectivity index is 1.42. The van der Waals surface area contributed by atoms with Crippen LogP contribution in [0.2, 0.25) is 0 Å². The summed E-state index contributed by atoms with van der Waals surface area (Å²) in [5.41, 5.74) is 2.72. The van der Waals surface area contributed by atoms with Gasteiger partial charge >= 0.3 is 0 Å². The third-order valence-corrected chi connectivity index (χ3v) is 6.59. The van der Waals surface area contributed by atoms with Crippen molar-refractivity contribution >= 4 is 28.6 Å². The smallest absolute Gasteiger partial charge is 0.232 e. The molecule has 0 bridgehead atoms. The first-order chi connectivity index (χ1) is 15.8. The molecular formula is C25H30N6O. The predicted octanol–water partition coefficient (Wildman–Crippen LogP) is 3.99. The van der Waals surface area contributed by atoms with Crippen molar-refractivity contribution in [2.75, 3.05) is 29.4 Å². The van der Waals surface area contributed by atoms with Gasteiger partial charge in [0, 0.05) is 38.3 Å². The molecule has 0 N–H and O–H groups in total. The van der Waals surface area contributed by atoms with Crippen molar-refractivity contribution in [3.8, 4) is 0 Å². The molecule has 7 heteroatoms. The second-order valence-electron chi connectivity index (χ2n) is 8.72. The summed E-state index contributed by atoms with van der Waals surface area (Å²) in [7, 11) is 0. The standard InChI is InChI=1S/C25H30N6O/c1-2-14-30(20-11-5-3-6-12-20)25(32)19-10-9-15-29(17-19)23-22-24(27-18-26-23)31-16-8-4-7-13-21(31)28-22/h2-3,5-6,11-12,18-19H,1,4,7-10,13-17H2/t19-/m1/s1. The van der Waals surface area contributed by atoms with Crippen molar-refractivity contribution in [2.24, 2.45) is 5.92 Å². The van der Waals surface area contributed by atoms with E-state index < -0.39 is 0 Å². The van der Waals surface area contributed by atoms with Crippen LogP contribution in [-0.4, -0.2) is 45.1 Å². The Hall–Kier alpha value is -3.22. The van der Waals surface area contributed by atoms with Crippen LogP contribution in [0.25, 0.3) is 11.2 Å². The number of rotatable bonds is 5. The fraction of sp³-hybridized carbons (Fsp3) is 0.440. The fourth-order valence-electron chi connectivity index (χ4n) is 5.01. The van der Waals surface area contributed by atoms with Crippen molar-refractivity contribution in [3.05, 3.63) is 55.1 Å². The molecule has 1 saturated heterocycles. The number of benzene rings is 1. The molecule has 1 amide bonds. The molecule has 7 nitrogen and oxygen atoms in total. The molecule has 2 aromatic heterocycles. The summed E-state index contributed by atoms with van der Waals surface area (Å²) >= 11 is 0. The number of hydrogen-bond donors (Lipinski definition) is 0. The Morgan fingerprint density at radius 3 is 2.84 bits per heavy atom. The van der Waals surface area contributed by atoms with Gasteiger partial charge in [-0.3, -0.25) is 4.79 Å². The van der Waals surface area contributed by atoms with E-state index in [9.17, 15) is 4.79 Å². The second kappa shape index (κ2) is 9.10. The molecule has 2 aliphatic rings. The first kappa shape index (κ1) is 20.7. The van der Waals surface area contributed by atoms with Crippen LogP contribution >= 0.6 is 0 Å². The van der Waals surface area contributed by atoms with E-state index >= 15 is 0 Å². The molecule has 1 atom stereocenters. The highest BCUT2D eigenvalue weighted by Crippen LogP contribution is 2.30. The average molecular weight is 431 g/mol. The van der Waals surface area contributed by atoms with Gasteiger partial charge in [-0.05, 0) is 37.8 Å². The van der Waals surface area contributed by atoms with Crippen molar-refractivity contribution in [3.63, 3.8) is 0 Å². The van der Waals surface area contributed by atoms with Crippen LogP contribution < -0.4 is 9.80 Å². The SMILES string of the molecule is C=CCN(C(=O)[C@@H]1CCCN(c2ncnc3c2nc2n3CCCCC2)C1)c1ccccc1. The molecule has 0 unspecified atom stereocenters. The van der Waals surface area contributed by atoms with Gasteiger partial charge in [-0.2, -0.15) is 0 Å². The number of anilines is 2. The van der Waals surface area contributed by atoms with Crippen molar-refractivity contribution in [1.82, 2.24) is 19.5 Å². The van der Waals surface area contributed by atoms with Crippen LogP contribution in [0.3, 0.4) is 0 Å². The molecule has 166 valence electrons. The predicted molar refractivity (Wildman–Crippen MR) is 127 cm³/mol. The quantitative estimate of drug-likeness (QED) is 0.573. The lowest BCUT2D eigenvalue weighted by Crippen LogP contribution is -2.45. The Morgan fingerprint density at radius 2 is 2.00 bits per heavy atom. The summed E-state index contributed by atoms with van der Waals surface area (Å²) < 4.78 is 2.27. The summed E-state index contributed by atoms with van der Waals surface area (Å²) in [6, 6.07) is 9.86. The van der Waals surface area contributed by atoms with Crippen LogP contribution in [0, 0.1) is 5.92 Å². The summed E-state index contributed by atoms with van der Waals surface area (Å²) in [5.74, 6) is 2.04. The van der Waals surface area contributed by atoms with E-state index in [-0.39, 0.29) is 11.8 Å². The van der Waals surface area contributed by atoms with E-state index in [1.807, 2.05) is 35.2 Å². The number of fused-ring (bicyclic) bond motifs is 3. The van der Waals surface area contributed by atoms with Gasteiger partial charge in [0.2, 0.25) is 5.91 Å². The van der Waals surface area contributed by atoms with E-state index in [0.29, 0.717) is 13.1 Å². The molecule has 1 aromatic carbocycles. The second-order valence-corrected chi connectivity index (χ2v) is 8.72. The maximum Gasteiger partial charge on any atom is 0.232 e. The van der Waals surface area contributed by atoms with Gasteiger partial charge in [-0.15, -0.1) is 6.58 Å². The van der Waals surface area contributed by atoms with Crippen LogP contribution in [0.4, 0.5) is 11.5 Å². The third-order valence-electron chi connectivity index (χ3n) is 6.59. The number of carbonyl (C=O) groups is 1. The fourth-order valence-corrected chi connectivity index (χ4v) is 5.01. The third kappa shape index (κ3) is 3.87. The first-order valence-corrected chi connectivity index (χ1v) is 11.7. The lowest BCUT2D eigenvalue weighted by molar-refractivity contribution is -0.122. The number of aryl methyl sites for hydroxylation is 2. The molecule has 2 aliphatic heterocycles. The topological polar surface area (TPSA) is 67.2 Å². The minimum atomic E-state index is -0.0886. The molecule has 0 spiro atoms. The number of nitrogens with zero attached hydrogens (tertiary/aromatic N) is 6. The van der Waals surface area contributed by atoms with Gasteiger partial charge in [0.05, 0.1) is 5.92 Å². The Kier molecular flexibility index (Phi) is 5.88. The van der Waals surface area contributed by atoms with E-state index in [2.05, 4.69) is 26.0 Å². The zero-order chi connectivity index (χ0) is 21.9.